The van der Waals surface area contributed by atoms with E-state index in [1.54, 1.807) is 0 Å². The zero-order valence-electron chi connectivity index (χ0n) is 9.15. The van der Waals surface area contributed by atoms with Crippen LogP contribution < -0.4 is 5.73 Å². The summed E-state index contributed by atoms with van der Waals surface area (Å²) < 4.78 is 5.05. The van der Waals surface area contributed by atoms with Crippen molar-refractivity contribution < 1.29 is 4.52 Å². The van der Waals surface area contributed by atoms with Crippen LogP contribution in [-0.2, 0) is 6.54 Å². The third-order valence-electron chi connectivity index (χ3n) is 2.98. The second kappa shape index (κ2) is 4.72. The van der Waals surface area contributed by atoms with Gasteiger partial charge in [0.25, 0.3) is 0 Å². The van der Waals surface area contributed by atoms with E-state index < -0.39 is 0 Å². The first-order chi connectivity index (χ1) is 7.35. The first kappa shape index (κ1) is 10.6. The zero-order chi connectivity index (χ0) is 10.7. The second-order valence-electron chi connectivity index (χ2n) is 3.89. The molecule has 0 radical (unpaired) electrons. The van der Waals surface area contributed by atoms with Crippen LogP contribution in [-0.4, -0.2) is 28.1 Å². The molecule has 2 N–H and O–H groups in total. The lowest BCUT2D eigenvalue weighted by molar-refractivity contribution is 0.147. The molecule has 1 aliphatic rings. The fourth-order valence-electron chi connectivity index (χ4n) is 2.15. The van der Waals surface area contributed by atoms with Crippen LogP contribution in [0.1, 0.15) is 43.9 Å². The molecule has 1 aromatic heterocycles. The number of aromatic nitrogens is 2. The van der Waals surface area contributed by atoms with Crippen molar-refractivity contribution in [3.8, 4) is 0 Å². The Morgan fingerprint density at radius 1 is 1.53 bits per heavy atom. The monoisotopic (exact) mass is 210 g/mol. The van der Waals surface area contributed by atoms with Crippen LogP contribution in [0.2, 0.25) is 0 Å². The summed E-state index contributed by atoms with van der Waals surface area (Å²) in [7, 11) is 0. The molecular formula is C10H18N4O. The van der Waals surface area contributed by atoms with Crippen LogP contribution in [0.4, 0.5) is 0 Å². The van der Waals surface area contributed by atoms with Crippen molar-refractivity contribution in [3.05, 3.63) is 11.7 Å². The van der Waals surface area contributed by atoms with Crippen LogP contribution >= 0.6 is 0 Å². The van der Waals surface area contributed by atoms with Crippen molar-refractivity contribution in [1.82, 2.24) is 15.0 Å². The molecule has 15 heavy (non-hydrogen) atoms. The molecule has 1 aliphatic heterocycles. The maximum absolute atomic E-state index is 5.45. The highest BCUT2D eigenvalue weighted by atomic mass is 16.5. The minimum absolute atomic E-state index is 0.325. The van der Waals surface area contributed by atoms with E-state index in [2.05, 4.69) is 22.0 Å². The quantitative estimate of drug-likeness (QED) is 0.808. The van der Waals surface area contributed by atoms with Gasteiger partial charge in [0.15, 0.2) is 5.82 Å². The smallest absolute Gasteiger partial charge is 0.240 e. The summed E-state index contributed by atoms with van der Waals surface area (Å²) >= 11 is 0. The molecule has 5 heteroatoms. The average molecular weight is 210 g/mol. The average Bonchev–Trinajstić information content (AvgIpc) is 2.77. The molecule has 1 unspecified atom stereocenters. The first-order valence-electron chi connectivity index (χ1n) is 5.61. The van der Waals surface area contributed by atoms with Gasteiger partial charge in [0.05, 0.1) is 12.6 Å². The molecule has 0 aliphatic carbocycles. The number of piperidine rings is 1. The number of hydrogen-bond acceptors (Lipinski definition) is 5. The third kappa shape index (κ3) is 2.18. The van der Waals surface area contributed by atoms with E-state index in [4.69, 9.17) is 10.3 Å². The van der Waals surface area contributed by atoms with Gasteiger partial charge in [-0.2, -0.15) is 4.98 Å². The number of likely N-dealkylation sites (tertiary alicyclic amines) is 1. The number of rotatable bonds is 3. The van der Waals surface area contributed by atoms with E-state index in [1.807, 2.05) is 0 Å². The van der Waals surface area contributed by atoms with Gasteiger partial charge < -0.3 is 10.3 Å². The van der Waals surface area contributed by atoms with Crippen LogP contribution in [0.3, 0.4) is 0 Å². The summed E-state index contributed by atoms with van der Waals surface area (Å²) in [5.41, 5.74) is 5.45. The Balaban J connectivity index is 2.12. The lowest BCUT2D eigenvalue weighted by Gasteiger charge is -2.32. The van der Waals surface area contributed by atoms with Crippen molar-refractivity contribution in [2.24, 2.45) is 5.73 Å². The fourth-order valence-corrected chi connectivity index (χ4v) is 2.15. The van der Waals surface area contributed by atoms with Gasteiger partial charge in [-0.15, -0.1) is 0 Å². The van der Waals surface area contributed by atoms with Gasteiger partial charge in [-0.1, -0.05) is 18.5 Å². The van der Waals surface area contributed by atoms with E-state index in [1.165, 1.54) is 12.8 Å². The summed E-state index contributed by atoms with van der Waals surface area (Å²) in [6.45, 7) is 4.67. The number of hydrogen-bond donors (Lipinski definition) is 1. The highest BCUT2D eigenvalue weighted by Gasteiger charge is 2.26. The van der Waals surface area contributed by atoms with Gasteiger partial charge in [0.1, 0.15) is 0 Å². The maximum Gasteiger partial charge on any atom is 0.240 e. The lowest BCUT2D eigenvalue weighted by atomic mass is 10.0. The molecule has 2 heterocycles. The summed E-state index contributed by atoms with van der Waals surface area (Å²) in [6, 6.07) is 0.327. The Morgan fingerprint density at radius 2 is 2.40 bits per heavy atom. The highest BCUT2D eigenvalue weighted by molar-refractivity contribution is 4.96. The summed E-state index contributed by atoms with van der Waals surface area (Å²) in [5.74, 6) is 1.34. The minimum atomic E-state index is 0.325. The first-order valence-corrected chi connectivity index (χ1v) is 5.61. The van der Waals surface area contributed by atoms with Crippen LogP contribution in [0.25, 0.3) is 0 Å². The molecule has 1 aromatic rings. The van der Waals surface area contributed by atoms with Gasteiger partial charge in [-0.3, -0.25) is 4.90 Å². The van der Waals surface area contributed by atoms with Gasteiger partial charge in [-0.25, -0.2) is 0 Å². The van der Waals surface area contributed by atoms with Crippen molar-refractivity contribution in [3.63, 3.8) is 0 Å². The molecule has 2 rings (SSSR count). The van der Waals surface area contributed by atoms with Gasteiger partial charge in [-0.05, 0) is 25.9 Å². The van der Waals surface area contributed by atoms with E-state index in [9.17, 15) is 0 Å². The Bertz CT molecular complexity index is 312. The molecule has 1 saturated heterocycles. The van der Waals surface area contributed by atoms with Crippen LogP contribution in [0.15, 0.2) is 4.52 Å². The van der Waals surface area contributed by atoms with Crippen molar-refractivity contribution in [2.75, 3.05) is 13.1 Å². The Hall–Kier alpha value is -0.940. The van der Waals surface area contributed by atoms with E-state index in [0.717, 1.165) is 25.3 Å². The highest BCUT2D eigenvalue weighted by Crippen LogP contribution is 2.28. The topological polar surface area (TPSA) is 68.2 Å². The molecule has 0 saturated carbocycles. The van der Waals surface area contributed by atoms with Crippen LogP contribution in [0, 0.1) is 0 Å². The SMILES string of the molecule is CCN1CCCCC1c1noc(CN)n1. The second-order valence-corrected chi connectivity index (χ2v) is 3.89. The molecule has 0 bridgehead atoms. The molecular weight excluding hydrogens is 192 g/mol. The van der Waals surface area contributed by atoms with E-state index in [0.29, 0.717) is 18.5 Å². The van der Waals surface area contributed by atoms with Crippen LogP contribution in [0.5, 0.6) is 0 Å². The molecule has 84 valence electrons. The van der Waals surface area contributed by atoms with Gasteiger partial charge >= 0.3 is 0 Å². The Labute approximate surface area is 89.6 Å². The molecule has 1 atom stereocenters. The molecule has 5 nitrogen and oxygen atoms in total. The fraction of sp³-hybridized carbons (Fsp3) is 0.800. The molecule has 0 aromatic carbocycles. The van der Waals surface area contributed by atoms with E-state index in [-0.39, 0.29) is 0 Å². The molecule has 0 spiro atoms. The number of nitrogens with zero attached hydrogens (tertiary/aromatic N) is 3. The number of nitrogens with two attached hydrogens (primary N) is 1. The van der Waals surface area contributed by atoms with Crippen molar-refractivity contribution >= 4 is 0 Å². The molecule has 1 fully saturated rings. The van der Waals surface area contributed by atoms with E-state index >= 15 is 0 Å². The summed E-state index contributed by atoms with van der Waals surface area (Å²) in [4.78, 5) is 6.70. The molecule has 0 amide bonds. The largest absolute Gasteiger partial charge is 0.338 e. The third-order valence-corrected chi connectivity index (χ3v) is 2.98. The zero-order valence-corrected chi connectivity index (χ0v) is 9.15. The van der Waals surface area contributed by atoms with Crippen molar-refractivity contribution in [1.29, 1.82) is 0 Å². The van der Waals surface area contributed by atoms with Crippen molar-refractivity contribution in [2.45, 2.75) is 38.8 Å². The van der Waals surface area contributed by atoms with Gasteiger partial charge in [0.2, 0.25) is 5.89 Å². The maximum atomic E-state index is 5.45. The standard InChI is InChI=1S/C10H18N4O/c1-2-14-6-4-3-5-8(14)10-12-9(7-11)15-13-10/h8H,2-7,11H2,1H3. The summed E-state index contributed by atoms with van der Waals surface area (Å²) in [6.07, 6.45) is 3.64. The Kier molecular flexibility index (Phi) is 3.33. The minimum Gasteiger partial charge on any atom is -0.338 e. The Morgan fingerprint density at radius 3 is 3.07 bits per heavy atom. The predicted molar refractivity (Wildman–Crippen MR) is 56.0 cm³/mol. The lowest BCUT2D eigenvalue weighted by Crippen LogP contribution is -2.33. The normalized spacial score (nSPS) is 23.2. The summed E-state index contributed by atoms with van der Waals surface area (Å²) in [5, 5.41) is 4.00. The van der Waals surface area contributed by atoms with Gasteiger partial charge in [0, 0.05) is 0 Å². The predicted octanol–water partition coefficient (Wildman–Crippen LogP) is 1.08.